The Morgan fingerprint density at radius 1 is 1.44 bits per heavy atom. The second-order valence-corrected chi connectivity index (χ2v) is 5.01. The largest absolute Gasteiger partial charge is 0.491 e. The van der Waals surface area contributed by atoms with E-state index in [-0.39, 0.29) is 5.91 Å². The lowest BCUT2D eigenvalue weighted by molar-refractivity contribution is -0.118. The summed E-state index contributed by atoms with van der Waals surface area (Å²) in [6.07, 6.45) is 3.01. The molecule has 2 aliphatic rings. The second-order valence-electron chi connectivity index (χ2n) is 5.01. The number of amides is 1. The molecule has 1 N–H and O–H groups in total. The maximum atomic E-state index is 11.8. The minimum absolute atomic E-state index is 0.112. The molecule has 1 aliphatic heterocycles. The van der Waals surface area contributed by atoms with Crippen LogP contribution in [0.15, 0.2) is 18.2 Å². The molecule has 1 saturated carbocycles. The van der Waals surface area contributed by atoms with Crippen LogP contribution in [0.4, 0.5) is 5.69 Å². The van der Waals surface area contributed by atoms with Gasteiger partial charge < -0.3 is 15.0 Å². The van der Waals surface area contributed by atoms with Crippen molar-refractivity contribution in [3.8, 4) is 5.75 Å². The summed E-state index contributed by atoms with van der Waals surface area (Å²) < 4.78 is 5.60. The highest BCUT2D eigenvalue weighted by Crippen LogP contribution is 2.31. The molecule has 96 valence electrons. The maximum Gasteiger partial charge on any atom is 0.230 e. The molecule has 0 spiro atoms. The van der Waals surface area contributed by atoms with E-state index in [1.54, 1.807) is 4.90 Å². The van der Waals surface area contributed by atoms with E-state index in [9.17, 15) is 4.79 Å². The zero-order valence-electron chi connectivity index (χ0n) is 10.6. The van der Waals surface area contributed by atoms with Gasteiger partial charge in [-0.15, -0.1) is 0 Å². The zero-order valence-corrected chi connectivity index (χ0v) is 10.6. The van der Waals surface area contributed by atoms with Gasteiger partial charge in [-0.05, 0) is 30.5 Å². The molecule has 0 saturated heterocycles. The molecule has 4 heteroatoms. The first kappa shape index (κ1) is 11.5. The molecule has 3 rings (SSSR count). The molecular formula is C14H18N2O2. The van der Waals surface area contributed by atoms with Crippen molar-refractivity contribution in [2.75, 3.05) is 18.6 Å². The van der Waals surface area contributed by atoms with Crippen LogP contribution >= 0.6 is 0 Å². The van der Waals surface area contributed by atoms with Crippen molar-refractivity contribution in [2.24, 2.45) is 0 Å². The standard InChI is InChI=1S/C14H18N2O2/c1-16-12-8-10(9-15-11-3-4-11)2-5-13(12)18-7-6-14(16)17/h2,5,8,11,15H,3-4,6-7,9H2,1H3. The number of nitrogens with zero attached hydrogens (tertiary/aromatic N) is 1. The maximum absolute atomic E-state index is 11.8. The summed E-state index contributed by atoms with van der Waals surface area (Å²) in [5.41, 5.74) is 2.08. The second kappa shape index (κ2) is 4.61. The molecule has 0 radical (unpaired) electrons. The van der Waals surface area contributed by atoms with Gasteiger partial charge in [-0.25, -0.2) is 0 Å². The summed E-state index contributed by atoms with van der Waals surface area (Å²) in [4.78, 5) is 13.5. The quantitative estimate of drug-likeness (QED) is 0.882. The minimum Gasteiger partial charge on any atom is -0.491 e. The Bertz CT molecular complexity index is 469. The van der Waals surface area contributed by atoms with Crippen LogP contribution in [0, 0.1) is 0 Å². The smallest absolute Gasteiger partial charge is 0.230 e. The van der Waals surface area contributed by atoms with E-state index in [2.05, 4.69) is 11.4 Å². The number of carbonyl (C=O) groups excluding carboxylic acids is 1. The van der Waals surface area contributed by atoms with Crippen LogP contribution in [-0.4, -0.2) is 25.6 Å². The van der Waals surface area contributed by atoms with Gasteiger partial charge >= 0.3 is 0 Å². The van der Waals surface area contributed by atoms with Gasteiger partial charge in [0.15, 0.2) is 0 Å². The van der Waals surface area contributed by atoms with Crippen LogP contribution in [-0.2, 0) is 11.3 Å². The van der Waals surface area contributed by atoms with Crippen LogP contribution in [0.1, 0.15) is 24.8 Å². The van der Waals surface area contributed by atoms with Crippen LogP contribution < -0.4 is 15.0 Å². The van der Waals surface area contributed by atoms with Gasteiger partial charge in [0.25, 0.3) is 0 Å². The SMILES string of the molecule is CN1C(=O)CCOc2ccc(CNC3CC3)cc21. The Kier molecular flexibility index (Phi) is 2.96. The number of ether oxygens (including phenoxy) is 1. The van der Waals surface area contributed by atoms with Gasteiger partial charge in [-0.2, -0.15) is 0 Å². The Balaban J connectivity index is 1.82. The van der Waals surface area contributed by atoms with Crippen LogP contribution in [0.5, 0.6) is 5.75 Å². The average molecular weight is 246 g/mol. The Hall–Kier alpha value is -1.55. The molecule has 1 fully saturated rings. The summed E-state index contributed by atoms with van der Waals surface area (Å²) in [5.74, 6) is 0.916. The van der Waals surface area contributed by atoms with Gasteiger partial charge in [0.1, 0.15) is 5.75 Å². The van der Waals surface area contributed by atoms with Gasteiger partial charge in [-0.1, -0.05) is 6.07 Å². The third kappa shape index (κ3) is 2.34. The average Bonchev–Trinajstić information content (AvgIpc) is 3.20. The molecule has 0 atom stereocenters. The van der Waals surface area contributed by atoms with Gasteiger partial charge in [0.2, 0.25) is 5.91 Å². The monoisotopic (exact) mass is 246 g/mol. The number of carbonyl (C=O) groups is 1. The Morgan fingerprint density at radius 3 is 3.06 bits per heavy atom. The highest BCUT2D eigenvalue weighted by atomic mass is 16.5. The molecular weight excluding hydrogens is 228 g/mol. The summed E-state index contributed by atoms with van der Waals surface area (Å²) >= 11 is 0. The molecule has 0 aromatic heterocycles. The summed E-state index contributed by atoms with van der Waals surface area (Å²) in [5, 5.41) is 3.48. The van der Waals surface area contributed by atoms with Crippen LogP contribution in [0.25, 0.3) is 0 Å². The van der Waals surface area contributed by atoms with Crippen molar-refractivity contribution in [1.29, 1.82) is 0 Å². The van der Waals surface area contributed by atoms with Crippen molar-refractivity contribution in [2.45, 2.75) is 31.8 Å². The topological polar surface area (TPSA) is 41.6 Å². The number of hydrogen-bond acceptors (Lipinski definition) is 3. The van der Waals surface area contributed by atoms with E-state index in [0.717, 1.165) is 18.0 Å². The van der Waals surface area contributed by atoms with Gasteiger partial charge in [0, 0.05) is 19.6 Å². The van der Waals surface area contributed by atoms with Crippen molar-refractivity contribution >= 4 is 11.6 Å². The van der Waals surface area contributed by atoms with E-state index in [4.69, 9.17) is 4.74 Å². The van der Waals surface area contributed by atoms with Crippen molar-refractivity contribution in [3.63, 3.8) is 0 Å². The fourth-order valence-electron chi connectivity index (χ4n) is 2.16. The van der Waals surface area contributed by atoms with E-state index < -0.39 is 0 Å². The van der Waals surface area contributed by atoms with Crippen molar-refractivity contribution in [1.82, 2.24) is 5.32 Å². The lowest BCUT2D eigenvalue weighted by Gasteiger charge is -2.17. The summed E-state index contributed by atoms with van der Waals surface area (Å²) in [7, 11) is 1.81. The molecule has 0 unspecified atom stereocenters. The minimum atomic E-state index is 0.112. The number of hydrogen-bond donors (Lipinski definition) is 1. The van der Waals surface area contributed by atoms with Crippen LogP contribution in [0.3, 0.4) is 0 Å². The van der Waals surface area contributed by atoms with Crippen molar-refractivity contribution in [3.05, 3.63) is 23.8 Å². The predicted molar refractivity (Wildman–Crippen MR) is 69.8 cm³/mol. The fourth-order valence-corrected chi connectivity index (χ4v) is 2.16. The van der Waals surface area contributed by atoms with Crippen LogP contribution in [0.2, 0.25) is 0 Å². The van der Waals surface area contributed by atoms with E-state index in [0.29, 0.717) is 19.1 Å². The number of fused-ring (bicyclic) bond motifs is 1. The Morgan fingerprint density at radius 2 is 2.28 bits per heavy atom. The lowest BCUT2D eigenvalue weighted by atomic mass is 10.1. The molecule has 1 heterocycles. The predicted octanol–water partition coefficient (Wildman–Crippen LogP) is 1.68. The third-order valence-electron chi connectivity index (χ3n) is 3.50. The first-order chi connectivity index (χ1) is 8.74. The molecule has 1 aromatic rings. The molecule has 1 aromatic carbocycles. The van der Waals surface area contributed by atoms with E-state index in [1.165, 1.54) is 18.4 Å². The first-order valence-electron chi connectivity index (χ1n) is 6.50. The third-order valence-corrected chi connectivity index (χ3v) is 3.50. The Labute approximate surface area is 107 Å². The zero-order chi connectivity index (χ0) is 12.5. The van der Waals surface area contributed by atoms with Gasteiger partial charge in [-0.3, -0.25) is 4.79 Å². The summed E-state index contributed by atoms with van der Waals surface area (Å²) in [6, 6.07) is 6.78. The highest BCUT2D eigenvalue weighted by molar-refractivity contribution is 5.95. The van der Waals surface area contributed by atoms with E-state index >= 15 is 0 Å². The molecule has 1 amide bonds. The highest BCUT2D eigenvalue weighted by Gasteiger charge is 2.22. The molecule has 1 aliphatic carbocycles. The van der Waals surface area contributed by atoms with Gasteiger partial charge in [0.05, 0.1) is 18.7 Å². The molecule has 4 nitrogen and oxygen atoms in total. The molecule has 18 heavy (non-hydrogen) atoms. The molecule has 0 bridgehead atoms. The number of benzene rings is 1. The first-order valence-corrected chi connectivity index (χ1v) is 6.50. The number of rotatable bonds is 3. The number of anilines is 1. The lowest BCUT2D eigenvalue weighted by Crippen LogP contribution is -2.25. The van der Waals surface area contributed by atoms with E-state index in [1.807, 2.05) is 19.2 Å². The number of nitrogens with one attached hydrogen (secondary N) is 1. The summed E-state index contributed by atoms with van der Waals surface area (Å²) in [6.45, 7) is 1.33. The normalized spacial score (nSPS) is 19.2. The fraction of sp³-hybridized carbons (Fsp3) is 0.500. The van der Waals surface area contributed by atoms with Crippen molar-refractivity contribution < 1.29 is 9.53 Å².